The molecule has 4 saturated carbocycles. The zero-order valence-corrected chi connectivity index (χ0v) is 20.1. The molecule has 0 atom stereocenters. The molecule has 2 aromatic carbocycles. The van der Waals surface area contributed by atoms with Gasteiger partial charge in [0.15, 0.2) is 0 Å². The van der Waals surface area contributed by atoms with Gasteiger partial charge in [-0.05, 0) is 104 Å². The van der Waals surface area contributed by atoms with Gasteiger partial charge in [-0.15, -0.1) is 0 Å². The average Bonchev–Trinajstić information content (AvgIpc) is 3.23. The van der Waals surface area contributed by atoms with Crippen LogP contribution in [0.3, 0.4) is 0 Å². The van der Waals surface area contributed by atoms with Gasteiger partial charge in [0.05, 0.1) is 12.7 Å². The van der Waals surface area contributed by atoms with Crippen LogP contribution in [0.4, 0.5) is 4.39 Å². The van der Waals surface area contributed by atoms with Gasteiger partial charge in [0.25, 0.3) is 5.91 Å². The van der Waals surface area contributed by atoms with E-state index >= 15 is 0 Å². The van der Waals surface area contributed by atoms with E-state index in [4.69, 9.17) is 0 Å². The standard InChI is InChI=1S/C29H31FN2O3/c1-35-28(34)24-4-2-18(11-25(24)30)16-32-7-6-22-12-23(3-5-26(22)32)27(33)31-17-29-13-19-8-20(14-29)10-21(9-19)15-29/h2-7,11-12,19-21H,8-10,13-17H2,1H3,(H,31,33). The summed E-state index contributed by atoms with van der Waals surface area (Å²) in [6, 6.07) is 12.3. The second-order valence-corrected chi connectivity index (χ2v) is 11.1. The monoisotopic (exact) mass is 474 g/mol. The average molecular weight is 475 g/mol. The highest BCUT2D eigenvalue weighted by molar-refractivity contribution is 5.98. The van der Waals surface area contributed by atoms with E-state index in [1.54, 1.807) is 6.07 Å². The number of nitrogens with one attached hydrogen (secondary N) is 1. The maximum Gasteiger partial charge on any atom is 0.340 e. The fraction of sp³-hybridized carbons (Fsp3) is 0.448. The number of rotatable bonds is 6. The maximum atomic E-state index is 14.3. The lowest BCUT2D eigenvalue weighted by Gasteiger charge is -2.56. The molecule has 0 radical (unpaired) electrons. The topological polar surface area (TPSA) is 60.3 Å². The molecule has 0 unspecified atom stereocenters. The van der Waals surface area contributed by atoms with E-state index in [-0.39, 0.29) is 11.5 Å². The highest BCUT2D eigenvalue weighted by Gasteiger charge is 2.50. The number of amides is 1. The van der Waals surface area contributed by atoms with E-state index in [2.05, 4.69) is 10.1 Å². The van der Waals surface area contributed by atoms with Crippen LogP contribution in [0.15, 0.2) is 48.7 Å². The number of hydrogen-bond acceptors (Lipinski definition) is 3. The number of fused-ring (bicyclic) bond motifs is 1. The lowest BCUT2D eigenvalue weighted by molar-refractivity contribution is -0.0503. The predicted molar refractivity (Wildman–Crippen MR) is 132 cm³/mol. The number of carbonyl (C=O) groups excluding carboxylic acids is 2. The summed E-state index contributed by atoms with van der Waals surface area (Å²) in [5.74, 6) is 1.34. The largest absolute Gasteiger partial charge is 0.465 e. The van der Waals surface area contributed by atoms with Gasteiger partial charge >= 0.3 is 5.97 Å². The minimum atomic E-state index is -0.686. The van der Waals surface area contributed by atoms with Gasteiger partial charge in [-0.1, -0.05) is 6.07 Å². The summed E-state index contributed by atoms with van der Waals surface area (Å²) in [4.78, 5) is 24.7. The third-order valence-corrected chi connectivity index (χ3v) is 8.61. The molecule has 182 valence electrons. The first kappa shape index (κ1) is 22.3. The van der Waals surface area contributed by atoms with E-state index in [0.29, 0.717) is 17.5 Å². The van der Waals surface area contributed by atoms with Crippen molar-refractivity contribution in [1.82, 2.24) is 9.88 Å². The van der Waals surface area contributed by atoms with Crippen molar-refractivity contribution in [2.45, 2.75) is 45.1 Å². The van der Waals surface area contributed by atoms with Crippen LogP contribution in [0.2, 0.25) is 0 Å². The molecule has 1 heterocycles. The number of halogens is 1. The minimum Gasteiger partial charge on any atom is -0.465 e. The summed E-state index contributed by atoms with van der Waals surface area (Å²) >= 11 is 0. The Bertz CT molecular complexity index is 1280. The summed E-state index contributed by atoms with van der Waals surface area (Å²) in [6.07, 6.45) is 10.00. The lowest BCUT2D eigenvalue weighted by Crippen LogP contribution is -2.51. The number of benzene rings is 2. The fourth-order valence-electron chi connectivity index (χ4n) is 7.48. The highest BCUT2D eigenvalue weighted by Crippen LogP contribution is 2.59. The fourth-order valence-corrected chi connectivity index (χ4v) is 7.48. The Morgan fingerprint density at radius 3 is 2.40 bits per heavy atom. The zero-order chi connectivity index (χ0) is 24.2. The summed E-state index contributed by atoms with van der Waals surface area (Å²) in [6.45, 7) is 1.25. The molecule has 0 aliphatic heterocycles. The van der Waals surface area contributed by atoms with Crippen LogP contribution in [-0.4, -0.2) is 30.1 Å². The number of nitrogens with zero attached hydrogens (tertiary/aromatic N) is 1. The van der Waals surface area contributed by atoms with Crippen molar-refractivity contribution in [3.05, 3.63) is 71.2 Å². The third-order valence-electron chi connectivity index (χ3n) is 8.61. The lowest BCUT2D eigenvalue weighted by atomic mass is 9.49. The molecule has 4 aliphatic rings. The minimum absolute atomic E-state index is 0.00383. The van der Waals surface area contributed by atoms with Gasteiger partial charge in [-0.25, -0.2) is 9.18 Å². The van der Waals surface area contributed by atoms with E-state index in [1.807, 2.05) is 35.0 Å². The molecule has 35 heavy (non-hydrogen) atoms. The maximum absolute atomic E-state index is 14.3. The number of carbonyl (C=O) groups is 2. The molecule has 0 spiro atoms. The van der Waals surface area contributed by atoms with Gasteiger partial charge in [-0.3, -0.25) is 4.79 Å². The van der Waals surface area contributed by atoms with E-state index in [0.717, 1.165) is 40.8 Å². The van der Waals surface area contributed by atoms with Crippen LogP contribution in [0.1, 0.15) is 64.8 Å². The van der Waals surface area contributed by atoms with E-state index in [9.17, 15) is 14.0 Å². The van der Waals surface area contributed by atoms with Crippen molar-refractivity contribution in [1.29, 1.82) is 0 Å². The van der Waals surface area contributed by atoms with Crippen molar-refractivity contribution in [3.63, 3.8) is 0 Å². The number of hydrogen-bond donors (Lipinski definition) is 1. The van der Waals surface area contributed by atoms with Crippen molar-refractivity contribution in [2.75, 3.05) is 13.7 Å². The summed E-state index contributed by atoms with van der Waals surface area (Å²) in [5, 5.41) is 4.24. The summed E-state index contributed by atoms with van der Waals surface area (Å²) in [5.41, 5.74) is 2.63. The van der Waals surface area contributed by atoms with E-state index < -0.39 is 11.8 Å². The number of esters is 1. The van der Waals surface area contributed by atoms with Crippen molar-refractivity contribution in [2.24, 2.45) is 23.2 Å². The van der Waals surface area contributed by atoms with E-state index in [1.165, 1.54) is 57.8 Å². The van der Waals surface area contributed by atoms with Gasteiger partial charge in [0.2, 0.25) is 0 Å². The van der Waals surface area contributed by atoms with Crippen molar-refractivity contribution < 1.29 is 18.7 Å². The predicted octanol–water partition coefficient (Wildman–Crippen LogP) is 5.56. The Labute approximate surface area is 204 Å². The van der Waals surface area contributed by atoms with Crippen LogP contribution in [0.5, 0.6) is 0 Å². The molecule has 5 nitrogen and oxygen atoms in total. The first-order valence-electron chi connectivity index (χ1n) is 12.7. The number of ether oxygens (including phenoxy) is 1. The normalized spacial score (nSPS) is 26.7. The quantitative estimate of drug-likeness (QED) is 0.476. The Kier molecular flexibility index (Phi) is 5.42. The molecular formula is C29H31FN2O3. The molecular weight excluding hydrogens is 443 g/mol. The Hall–Kier alpha value is -3.15. The van der Waals surface area contributed by atoms with Gasteiger partial charge in [-0.2, -0.15) is 0 Å². The number of aromatic nitrogens is 1. The molecule has 1 aromatic heterocycles. The van der Waals surface area contributed by atoms with Crippen LogP contribution >= 0.6 is 0 Å². The zero-order valence-electron chi connectivity index (χ0n) is 20.1. The molecule has 4 aliphatic carbocycles. The summed E-state index contributed by atoms with van der Waals surface area (Å²) < 4.78 is 21.0. The van der Waals surface area contributed by atoms with Crippen LogP contribution in [0.25, 0.3) is 10.9 Å². The second-order valence-electron chi connectivity index (χ2n) is 11.1. The van der Waals surface area contributed by atoms with Gasteiger partial charge in [0.1, 0.15) is 5.82 Å². The van der Waals surface area contributed by atoms with Crippen molar-refractivity contribution in [3.8, 4) is 0 Å². The summed E-state index contributed by atoms with van der Waals surface area (Å²) in [7, 11) is 1.24. The van der Waals surface area contributed by atoms with Crippen LogP contribution < -0.4 is 5.32 Å². The molecule has 6 heteroatoms. The Balaban J connectivity index is 1.14. The smallest absolute Gasteiger partial charge is 0.340 e. The Morgan fingerprint density at radius 1 is 1.03 bits per heavy atom. The molecule has 1 amide bonds. The SMILES string of the molecule is COC(=O)c1ccc(Cn2ccc3cc(C(=O)NCC45CC6CC(CC(C6)C4)C5)ccc32)cc1F. The molecule has 4 bridgehead atoms. The van der Waals surface area contributed by atoms with Crippen LogP contribution in [0, 0.1) is 29.0 Å². The van der Waals surface area contributed by atoms with Gasteiger partial charge < -0.3 is 14.6 Å². The first-order valence-corrected chi connectivity index (χ1v) is 12.7. The van der Waals surface area contributed by atoms with Crippen molar-refractivity contribution >= 4 is 22.8 Å². The molecule has 3 aromatic rings. The van der Waals surface area contributed by atoms with Gasteiger partial charge in [0, 0.05) is 35.8 Å². The molecule has 1 N–H and O–H groups in total. The van der Waals surface area contributed by atoms with Crippen LogP contribution in [-0.2, 0) is 11.3 Å². The third kappa shape index (κ3) is 4.13. The first-order chi connectivity index (χ1) is 16.9. The Morgan fingerprint density at radius 2 is 1.74 bits per heavy atom. The molecule has 0 saturated heterocycles. The highest BCUT2D eigenvalue weighted by atomic mass is 19.1. The number of methoxy groups -OCH3 is 1. The molecule has 4 fully saturated rings. The molecule has 7 rings (SSSR count). The second kappa shape index (κ2) is 8.51.